The molecule has 0 fully saturated rings. The van der Waals surface area contributed by atoms with Gasteiger partial charge in [0.15, 0.2) is 0 Å². The number of nitrogens with two attached hydrogens (primary N) is 2. The van der Waals surface area contributed by atoms with Crippen molar-refractivity contribution in [3.05, 3.63) is 83.9 Å². The molecule has 3 rings (SSSR count). The fourth-order valence-electron chi connectivity index (χ4n) is 3.62. The SMILES string of the molecule is CCCCCCC(=O)Oc1ccc(OC(=O)C=Cc2ccc(OCCOC(=O)c3cc(N)cc(N)c3)cc2)cc1. The Balaban J connectivity index is 1.37. The summed E-state index contributed by atoms with van der Waals surface area (Å²) in [6, 6.07) is 17.9. The topological polar surface area (TPSA) is 140 Å². The first-order valence-corrected chi connectivity index (χ1v) is 13.1. The van der Waals surface area contributed by atoms with Gasteiger partial charge in [-0.05, 0) is 72.7 Å². The zero-order chi connectivity index (χ0) is 28.7. The van der Waals surface area contributed by atoms with E-state index < -0.39 is 11.9 Å². The Morgan fingerprint density at radius 2 is 1.38 bits per heavy atom. The zero-order valence-electron chi connectivity index (χ0n) is 22.5. The number of carbonyl (C=O) groups excluding carboxylic acids is 3. The lowest BCUT2D eigenvalue weighted by Gasteiger charge is -2.08. The molecule has 0 aromatic heterocycles. The third kappa shape index (κ3) is 10.5. The van der Waals surface area contributed by atoms with Crippen molar-refractivity contribution in [1.82, 2.24) is 0 Å². The summed E-state index contributed by atoms with van der Waals surface area (Å²) in [5.74, 6) is -0.0504. The van der Waals surface area contributed by atoms with Gasteiger partial charge in [0.05, 0.1) is 5.56 Å². The van der Waals surface area contributed by atoms with E-state index in [0.717, 1.165) is 31.2 Å². The second-order valence-electron chi connectivity index (χ2n) is 8.95. The van der Waals surface area contributed by atoms with E-state index in [4.69, 9.17) is 30.4 Å². The molecule has 0 saturated carbocycles. The number of rotatable bonds is 14. The molecule has 0 unspecified atom stereocenters. The van der Waals surface area contributed by atoms with Crippen LogP contribution in [0.1, 0.15) is 54.9 Å². The van der Waals surface area contributed by atoms with Crippen LogP contribution in [-0.4, -0.2) is 31.1 Å². The maximum Gasteiger partial charge on any atom is 0.338 e. The highest BCUT2D eigenvalue weighted by Gasteiger charge is 2.09. The summed E-state index contributed by atoms with van der Waals surface area (Å²) in [7, 11) is 0. The van der Waals surface area contributed by atoms with Gasteiger partial charge in [-0.15, -0.1) is 0 Å². The van der Waals surface area contributed by atoms with Gasteiger partial charge in [0.2, 0.25) is 0 Å². The number of unbranched alkanes of at least 4 members (excludes halogenated alkanes) is 3. The zero-order valence-corrected chi connectivity index (χ0v) is 22.5. The first kappa shape index (κ1) is 29.8. The molecule has 0 aliphatic rings. The van der Waals surface area contributed by atoms with Crippen molar-refractivity contribution in [2.24, 2.45) is 0 Å². The number of hydrogen-bond acceptors (Lipinski definition) is 9. The molecule has 40 heavy (non-hydrogen) atoms. The molecular formula is C31H34N2O7. The molecule has 0 heterocycles. The number of anilines is 2. The summed E-state index contributed by atoms with van der Waals surface area (Å²) in [6.07, 6.45) is 7.33. The first-order chi connectivity index (χ1) is 19.3. The van der Waals surface area contributed by atoms with Crippen LogP contribution in [0.4, 0.5) is 11.4 Å². The van der Waals surface area contributed by atoms with E-state index in [0.29, 0.717) is 35.0 Å². The van der Waals surface area contributed by atoms with E-state index >= 15 is 0 Å². The number of esters is 3. The van der Waals surface area contributed by atoms with Crippen molar-refractivity contribution in [2.75, 3.05) is 24.7 Å². The largest absolute Gasteiger partial charge is 0.490 e. The van der Waals surface area contributed by atoms with Gasteiger partial charge in [-0.25, -0.2) is 9.59 Å². The number of carbonyl (C=O) groups is 3. The fraction of sp³-hybridized carbons (Fsp3) is 0.258. The normalized spacial score (nSPS) is 10.7. The van der Waals surface area contributed by atoms with Crippen molar-refractivity contribution >= 4 is 35.4 Å². The first-order valence-electron chi connectivity index (χ1n) is 13.1. The van der Waals surface area contributed by atoms with Gasteiger partial charge in [0, 0.05) is 23.9 Å². The van der Waals surface area contributed by atoms with E-state index in [1.54, 1.807) is 60.7 Å². The number of benzene rings is 3. The van der Waals surface area contributed by atoms with Gasteiger partial charge in [-0.1, -0.05) is 38.3 Å². The molecule has 210 valence electrons. The molecule has 0 bridgehead atoms. The van der Waals surface area contributed by atoms with Gasteiger partial charge in [-0.3, -0.25) is 4.79 Å². The van der Waals surface area contributed by atoms with Gasteiger partial charge < -0.3 is 30.4 Å². The minimum absolute atomic E-state index is 0.0451. The maximum atomic E-state index is 12.2. The molecule has 0 aliphatic heterocycles. The lowest BCUT2D eigenvalue weighted by Crippen LogP contribution is -2.13. The van der Waals surface area contributed by atoms with E-state index in [9.17, 15) is 14.4 Å². The average molecular weight is 547 g/mol. The van der Waals surface area contributed by atoms with Crippen LogP contribution in [0, 0.1) is 0 Å². The summed E-state index contributed by atoms with van der Waals surface area (Å²) in [5, 5.41) is 0. The van der Waals surface area contributed by atoms with Crippen LogP contribution in [0.2, 0.25) is 0 Å². The molecule has 9 nitrogen and oxygen atoms in total. The van der Waals surface area contributed by atoms with Crippen molar-refractivity contribution < 1.29 is 33.3 Å². The van der Waals surface area contributed by atoms with E-state index in [-0.39, 0.29) is 24.7 Å². The van der Waals surface area contributed by atoms with Crippen LogP contribution < -0.4 is 25.7 Å². The predicted octanol–water partition coefficient (Wildman–Crippen LogP) is 5.58. The van der Waals surface area contributed by atoms with Crippen LogP contribution in [0.25, 0.3) is 6.08 Å². The summed E-state index contributed by atoms with van der Waals surface area (Å²) >= 11 is 0. The number of ether oxygens (including phenoxy) is 4. The molecule has 0 amide bonds. The number of hydrogen-bond donors (Lipinski definition) is 2. The van der Waals surface area contributed by atoms with E-state index in [2.05, 4.69) is 6.92 Å². The maximum absolute atomic E-state index is 12.2. The summed E-state index contributed by atoms with van der Waals surface area (Å²) in [6.45, 7) is 2.32. The quantitative estimate of drug-likeness (QED) is 0.0871. The van der Waals surface area contributed by atoms with Crippen molar-refractivity contribution in [3.8, 4) is 17.2 Å². The van der Waals surface area contributed by atoms with Gasteiger partial charge in [0.25, 0.3) is 0 Å². The Labute approximate surface area is 233 Å². The minimum Gasteiger partial charge on any atom is -0.490 e. The molecule has 3 aromatic carbocycles. The number of nitrogen functional groups attached to an aromatic ring is 2. The van der Waals surface area contributed by atoms with Crippen LogP contribution in [0.3, 0.4) is 0 Å². The van der Waals surface area contributed by atoms with Gasteiger partial charge >= 0.3 is 17.9 Å². The van der Waals surface area contributed by atoms with Crippen molar-refractivity contribution in [2.45, 2.75) is 39.0 Å². The smallest absolute Gasteiger partial charge is 0.338 e. The lowest BCUT2D eigenvalue weighted by molar-refractivity contribution is -0.134. The molecule has 0 saturated heterocycles. The Kier molecular flexibility index (Phi) is 11.6. The summed E-state index contributed by atoms with van der Waals surface area (Å²) < 4.78 is 21.4. The molecule has 0 aliphatic carbocycles. The highest BCUT2D eigenvalue weighted by molar-refractivity contribution is 5.91. The van der Waals surface area contributed by atoms with Gasteiger partial charge in [0.1, 0.15) is 30.5 Å². The third-order valence-electron chi connectivity index (χ3n) is 5.60. The molecule has 4 N–H and O–H groups in total. The predicted molar refractivity (Wildman–Crippen MR) is 153 cm³/mol. The Morgan fingerprint density at radius 3 is 2.02 bits per heavy atom. The van der Waals surface area contributed by atoms with Crippen LogP contribution in [0.15, 0.2) is 72.8 Å². The second-order valence-corrected chi connectivity index (χ2v) is 8.95. The van der Waals surface area contributed by atoms with Crippen molar-refractivity contribution in [3.63, 3.8) is 0 Å². The second kappa shape index (κ2) is 15.6. The highest BCUT2D eigenvalue weighted by atomic mass is 16.6. The Morgan fingerprint density at radius 1 is 0.750 bits per heavy atom. The molecule has 0 spiro atoms. The Bertz CT molecular complexity index is 1280. The summed E-state index contributed by atoms with van der Waals surface area (Å²) in [5.41, 5.74) is 13.2. The Hall–Kier alpha value is -4.79. The highest BCUT2D eigenvalue weighted by Crippen LogP contribution is 2.19. The molecule has 0 atom stereocenters. The van der Waals surface area contributed by atoms with Gasteiger partial charge in [-0.2, -0.15) is 0 Å². The standard InChI is InChI=1S/C31H34N2O7/c1-2-3-4-5-6-29(34)39-27-12-14-28(15-13-27)40-30(35)16-9-22-7-10-26(11-8-22)37-17-18-38-31(36)23-19-24(32)21-25(33)20-23/h7-16,19-21H,2-6,17-18,32-33H2,1H3. The van der Waals surface area contributed by atoms with Crippen LogP contribution in [-0.2, 0) is 14.3 Å². The molecule has 3 aromatic rings. The fourth-order valence-corrected chi connectivity index (χ4v) is 3.62. The van der Waals surface area contributed by atoms with Crippen molar-refractivity contribution in [1.29, 1.82) is 0 Å². The van der Waals surface area contributed by atoms with Crippen LogP contribution >= 0.6 is 0 Å². The van der Waals surface area contributed by atoms with Crippen LogP contribution in [0.5, 0.6) is 17.2 Å². The molecule has 0 radical (unpaired) electrons. The summed E-state index contributed by atoms with van der Waals surface area (Å²) in [4.78, 5) is 36.2. The monoisotopic (exact) mass is 546 g/mol. The molecular weight excluding hydrogens is 512 g/mol. The lowest BCUT2D eigenvalue weighted by atomic mass is 10.1. The molecule has 9 heteroatoms. The van der Waals surface area contributed by atoms with E-state index in [1.165, 1.54) is 18.2 Å². The third-order valence-corrected chi connectivity index (χ3v) is 5.60. The minimum atomic E-state index is -0.551. The average Bonchev–Trinajstić information content (AvgIpc) is 2.93. The van der Waals surface area contributed by atoms with E-state index in [1.807, 2.05) is 0 Å².